The third kappa shape index (κ3) is 3.84. The summed E-state index contributed by atoms with van der Waals surface area (Å²) in [5.74, 6) is 0.721. The first-order chi connectivity index (χ1) is 14.2. The lowest BCUT2D eigenvalue weighted by Gasteiger charge is -2.25. The summed E-state index contributed by atoms with van der Waals surface area (Å²) < 4.78 is 5.57. The SMILES string of the molecule is C=C1O/C(=C/c2ccc(N(c3ccccc3)c3ccccc3)cc2)C(=O)[NH+]1CC. The molecule has 1 unspecified atom stereocenters. The average molecular weight is 383 g/mol. The van der Waals surface area contributed by atoms with Gasteiger partial charge in [0.2, 0.25) is 5.76 Å². The summed E-state index contributed by atoms with van der Waals surface area (Å²) in [5.41, 5.74) is 4.10. The number of hydrogen-bond donors (Lipinski definition) is 1. The number of likely N-dealkylation sites (N-methyl/N-ethyl adjacent to an activating group) is 1. The first-order valence-electron chi connectivity index (χ1n) is 9.67. The molecule has 4 nitrogen and oxygen atoms in total. The highest BCUT2D eigenvalue weighted by Crippen LogP contribution is 2.34. The van der Waals surface area contributed by atoms with Crippen molar-refractivity contribution in [3.05, 3.63) is 109 Å². The van der Waals surface area contributed by atoms with E-state index in [4.69, 9.17) is 4.74 Å². The Balaban J connectivity index is 1.66. The molecule has 0 radical (unpaired) electrons. The Labute approximate surface area is 171 Å². The summed E-state index contributed by atoms with van der Waals surface area (Å²) in [5, 5.41) is 0. The fourth-order valence-corrected chi connectivity index (χ4v) is 3.44. The number of hydrogen-bond acceptors (Lipinski definition) is 3. The Morgan fingerprint density at radius 1 is 0.862 bits per heavy atom. The van der Waals surface area contributed by atoms with Crippen molar-refractivity contribution < 1.29 is 14.4 Å². The predicted molar refractivity (Wildman–Crippen MR) is 116 cm³/mol. The van der Waals surface area contributed by atoms with E-state index in [0.717, 1.165) is 22.6 Å². The Bertz CT molecular complexity index is 1000. The van der Waals surface area contributed by atoms with Crippen LogP contribution in [0.4, 0.5) is 17.1 Å². The van der Waals surface area contributed by atoms with Crippen molar-refractivity contribution in [3.8, 4) is 0 Å². The summed E-state index contributed by atoms with van der Waals surface area (Å²) in [6.07, 6.45) is 1.77. The first kappa shape index (κ1) is 18.7. The molecular formula is C25H23N2O2+. The zero-order chi connectivity index (χ0) is 20.2. The van der Waals surface area contributed by atoms with Gasteiger partial charge in [0.15, 0.2) is 0 Å². The highest BCUT2D eigenvalue weighted by Gasteiger charge is 2.37. The zero-order valence-corrected chi connectivity index (χ0v) is 16.3. The third-order valence-corrected chi connectivity index (χ3v) is 4.90. The van der Waals surface area contributed by atoms with E-state index < -0.39 is 0 Å². The number of nitrogens with one attached hydrogen (secondary N) is 1. The molecule has 144 valence electrons. The Kier molecular flexibility index (Phi) is 5.27. The van der Waals surface area contributed by atoms with E-state index in [1.807, 2.05) is 67.6 Å². The number of ether oxygens (including phenoxy) is 1. The van der Waals surface area contributed by atoms with Gasteiger partial charge in [-0.3, -0.25) is 0 Å². The van der Waals surface area contributed by atoms with Gasteiger partial charge < -0.3 is 9.64 Å². The smallest absolute Gasteiger partial charge is 0.387 e. The lowest BCUT2D eigenvalue weighted by atomic mass is 10.1. The van der Waals surface area contributed by atoms with Crippen LogP contribution in [-0.2, 0) is 9.53 Å². The Hall–Kier alpha value is -3.63. The van der Waals surface area contributed by atoms with Gasteiger partial charge in [0.25, 0.3) is 5.88 Å². The van der Waals surface area contributed by atoms with Gasteiger partial charge in [-0.25, -0.2) is 9.69 Å². The number of benzene rings is 3. The van der Waals surface area contributed by atoms with Gasteiger partial charge >= 0.3 is 5.91 Å². The summed E-state index contributed by atoms with van der Waals surface area (Å²) in [7, 11) is 0. The lowest BCUT2D eigenvalue weighted by molar-refractivity contribution is -0.779. The van der Waals surface area contributed by atoms with Crippen molar-refractivity contribution in [3.63, 3.8) is 0 Å². The standard InChI is InChI=1S/C25H22N2O2/c1-3-26-19(2)29-24(25(26)28)18-20-14-16-23(17-15-20)27(21-10-6-4-7-11-21)22-12-8-5-9-13-22/h4-18H,2-3H2,1H3/p+1/b24-18+. The first-order valence-corrected chi connectivity index (χ1v) is 9.67. The fourth-order valence-electron chi connectivity index (χ4n) is 3.44. The largest absolute Gasteiger partial charge is 0.402 e. The highest BCUT2D eigenvalue weighted by atomic mass is 16.5. The van der Waals surface area contributed by atoms with Crippen LogP contribution < -0.4 is 9.80 Å². The van der Waals surface area contributed by atoms with Crippen LogP contribution in [0.2, 0.25) is 0 Å². The number of carbonyl (C=O) groups is 1. The molecule has 1 N–H and O–H groups in total. The second-order valence-electron chi connectivity index (χ2n) is 6.79. The maximum Gasteiger partial charge on any atom is 0.387 e. The number of amides is 1. The molecule has 1 aliphatic rings. The Morgan fingerprint density at radius 3 is 1.86 bits per heavy atom. The third-order valence-electron chi connectivity index (χ3n) is 4.90. The molecule has 1 aliphatic heterocycles. The molecule has 0 bridgehead atoms. The summed E-state index contributed by atoms with van der Waals surface area (Å²) >= 11 is 0. The van der Waals surface area contributed by atoms with Crippen molar-refractivity contribution in [2.24, 2.45) is 0 Å². The van der Waals surface area contributed by atoms with Gasteiger partial charge in [0.1, 0.15) is 0 Å². The zero-order valence-electron chi connectivity index (χ0n) is 16.3. The van der Waals surface area contributed by atoms with Crippen LogP contribution in [0, 0.1) is 0 Å². The monoisotopic (exact) mass is 383 g/mol. The van der Waals surface area contributed by atoms with Crippen LogP contribution in [0.3, 0.4) is 0 Å². The summed E-state index contributed by atoms with van der Waals surface area (Å²) in [4.78, 5) is 15.2. The van der Waals surface area contributed by atoms with Crippen LogP contribution >= 0.6 is 0 Å². The summed E-state index contributed by atoms with van der Waals surface area (Å²) in [6.45, 7) is 6.38. The van der Waals surface area contributed by atoms with E-state index in [1.165, 1.54) is 0 Å². The molecule has 1 amide bonds. The van der Waals surface area contributed by atoms with Crippen LogP contribution in [0.15, 0.2) is 103 Å². The van der Waals surface area contributed by atoms with Crippen molar-refractivity contribution >= 4 is 29.0 Å². The van der Waals surface area contributed by atoms with Gasteiger partial charge in [-0.15, -0.1) is 0 Å². The van der Waals surface area contributed by atoms with Gasteiger partial charge in [0.05, 0.1) is 6.54 Å². The molecule has 4 rings (SSSR count). The lowest BCUT2D eigenvalue weighted by Crippen LogP contribution is -3.10. The van der Waals surface area contributed by atoms with Crippen LogP contribution in [-0.4, -0.2) is 12.5 Å². The second-order valence-corrected chi connectivity index (χ2v) is 6.79. The number of carbonyl (C=O) groups excluding carboxylic acids is 1. The minimum Gasteiger partial charge on any atom is -0.402 e. The van der Waals surface area contributed by atoms with Crippen molar-refractivity contribution in [1.29, 1.82) is 0 Å². The quantitative estimate of drug-likeness (QED) is 0.662. The molecule has 1 atom stereocenters. The fraction of sp³-hybridized carbons (Fsp3) is 0.0800. The maximum atomic E-state index is 12.4. The number of nitrogens with zero attached hydrogens (tertiary/aromatic N) is 1. The summed E-state index contributed by atoms with van der Waals surface area (Å²) in [6, 6.07) is 28.6. The van der Waals surface area contributed by atoms with Gasteiger partial charge in [-0.05, 0) is 55.0 Å². The van der Waals surface area contributed by atoms with Crippen molar-refractivity contribution in [2.45, 2.75) is 6.92 Å². The number of para-hydroxylation sites is 2. The molecule has 4 heteroatoms. The van der Waals surface area contributed by atoms with Gasteiger partial charge in [-0.2, -0.15) is 0 Å². The van der Waals surface area contributed by atoms with Gasteiger partial charge in [0, 0.05) is 23.6 Å². The number of anilines is 3. The molecule has 0 spiro atoms. The average Bonchev–Trinajstić information content (AvgIpc) is 3.03. The van der Waals surface area contributed by atoms with Crippen LogP contribution in [0.1, 0.15) is 12.5 Å². The molecule has 1 fully saturated rings. The van der Waals surface area contributed by atoms with Crippen molar-refractivity contribution in [1.82, 2.24) is 0 Å². The molecule has 3 aromatic carbocycles. The van der Waals surface area contributed by atoms with E-state index in [2.05, 4.69) is 35.7 Å². The molecule has 0 aliphatic carbocycles. The minimum atomic E-state index is -0.0724. The normalized spacial score (nSPS) is 17.4. The van der Waals surface area contributed by atoms with Crippen LogP contribution in [0.25, 0.3) is 6.08 Å². The van der Waals surface area contributed by atoms with E-state index >= 15 is 0 Å². The molecule has 29 heavy (non-hydrogen) atoms. The number of rotatable bonds is 5. The highest BCUT2D eigenvalue weighted by molar-refractivity contribution is 5.91. The van der Waals surface area contributed by atoms with Crippen molar-refractivity contribution in [2.75, 3.05) is 11.4 Å². The molecule has 1 saturated heterocycles. The van der Waals surface area contributed by atoms with E-state index in [9.17, 15) is 4.79 Å². The molecular weight excluding hydrogens is 360 g/mol. The molecule has 0 saturated carbocycles. The van der Waals surface area contributed by atoms with Gasteiger partial charge in [-0.1, -0.05) is 48.5 Å². The molecule has 0 aromatic heterocycles. The maximum absolute atomic E-state index is 12.4. The molecule has 1 heterocycles. The molecule has 3 aromatic rings. The topological polar surface area (TPSA) is 34.0 Å². The predicted octanol–water partition coefficient (Wildman–Crippen LogP) is 4.43. The van der Waals surface area contributed by atoms with Crippen LogP contribution in [0.5, 0.6) is 0 Å². The number of quaternary nitrogens is 1. The minimum absolute atomic E-state index is 0.0724. The van der Waals surface area contributed by atoms with E-state index in [1.54, 1.807) is 6.08 Å². The Morgan fingerprint density at radius 2 is 1.38 bits per heavy atom. The van der Waals surface area contributed by atoms with E-state index in [-0.39, 0.29) is 5.91 Å². The second kappa shape index (κ2) is 8.17. The van der Waals surface area contributed by atoms with E-state index in [0.29, 0.717) is 23.1 Å².